The van der Waals surface area contributed by atoms with E-state index in [0.29, 0.717) is 6.16 Å². The number of benzene rings is 1. The van der Waals surface area contributed by atoms with Crippen molar-refractivity contribution in [3.05, 3.63) is 41.6 Å². The van der Waals surface area contributed by atoms with Crippen molar-refractivity contribution >= 4 is 22.2 Å². The van der Waals surface area contributed by atoms with Crippen molar-refractivity contribution in [3.8, 4) is 0 Å². The first-order valence-corrected chi connectivity index (χ1v) is 10.7. The molecule has 0 saturated carbocycles. The van der Waals surface area contributed by atoms with Gasteiger partial charge in [0.25, 0.3) is 0 Å². The molecule has 0 bridgehead atoms. The fraction of sp³-hybridized carbons (Fsp3) is 0.429. The van der Waals surface area contributed by atoms with Gasteiger partial charge in [0.1, 0.15) is 0 Å². The first kappa shape index (κ1) is 20.3. The summed E-state index contributed by atoms with van der Waals surface area (Å²) in [6, 6.07) is 10.9. The SMILES string of the molecule is CN(C)CP(=O)([O-])CC[Si](C)C=Cc1ccccc1.[Na+]. The molecule has 1 atom stereocenters. The maximum atomic E-state index is 11.8. The normalized spacial score (nSPS) is 14.5. The molecular formula is C14H22NNaO2PSi. The standard InChI is InChI=1S/C14H23NO2PSi.Na/c1-15(2)13-18(16,17)10-12-19(3)11-9-14-7-5-4-6-8-14;/h4-9,11H,10,12-13H2,1-3H3,(H,16,17);/q;+1/p-1. The summed E-state index contributed by atoms with van der Waals surface area (Å²) in [7, 11) is -0.379. The average molecular weight is 318 g/mol. The van der Waals surface area contributed by atoms with Gasteiger partial charge < -0.3 is 14.4 Å². The fourth-order valence-corrected chi connectivity index (χ4v) is 6.15. The molecule has 1 aromatic rings. The van der Waals surface area contributed by atoms with Gasteiger partial charge in [-0.15, -0.1) is 0 Å². The molecule has 0 spiro atoms. The van der Waals surface area contributed by atoms with Crippen molar-refractivity contribution in [2.75, 3.05) is 26.5 Å². The van der Waals surface area contributed by atoms with Gasteiger partial charge in [-0.3, -0.25) is 0 Å². The van der Waals surface area contributed by atoms with Gasteiger partial charge in [-0.25, -0.2) is 0 Å². The van der Waals surface area contributed by atoms with E-state index in [1.54, 1.807) is 19.0 Å². The van der Waals surface area contributed by atoms with E-state index in [-0.39, 0.29) is 35.8 Å². The van der Waals surface area contributed by atoms with Crippen molar-refractivity contribution < 1.29 is 39.0 Å². The Hall–Kier alpha value is 0.327. The second-order valence-electron chi connectivity index (χ2n) is 5.10. The van der Waals surface area contributed by atoms with Crippen LogP contribution in [0.5, 0.6) is 0 Å². The summed E-state index contributed by atoms with van der Waals surface area (Å²) in [6.07, 6.45) is 2.58. The first-order valence-electron chi connectivity index (χ1n) is 6.38. The van der Waals surface area contributed by atoms with Crippen LogP contribution in [0.2, 0.25) is 12.6 Å². The Labute approximate surface area is 146 Å². The Morgan fingerprint density at radius 2 is 1.90 bits per heavy atom. The number of rotatable bonds is 7. The smallest absolute Gasteiger partial charge is 0.798 e. The summed E-state index contributed by atoms with van der Waals surface area (Å²) in [5.74, 6) is 0. The molecule has 1 aromatic carbocycles. The molecule has 0 aliphatic heterocycles. The first-order chi connectivity index (χ1) is 8.89. The minimum atomic E-state index is -3.23. The molecule has 1 radical (unpaired) electrons. The van der Waals surface area contributed by atoms with Gasteiger partial charge in [-0.1, -0.05) is 48.7 Å². The van der Waals surface area contributed by atoms with Gasteiger partial charge in [-0.2, -0.15) is 0 Å². The van der Waals surface area contributed by atoms with Crippen molar-refractivity contribution in [2.45, 2.75) is 12.6 Å². The van der Waals surface area contributed by atoms with Crippen LogP contribution in [0.4, 0.5) is 0 Å². The maximum absolute atomic E-state index is 11.8. The van der Waals surface area contributed by atoms with Crippen molar-refractivity contribution in [1.82, 2.24) is 4.90 Å². The Morgan fingerprint density at radius 3 is 2.45 bits per heavy atom. The molecule has 0 saturated heterocycles. The second-order valence-corrected chi connectivity index (χ2v) is 9.98. The molecule has 3 nitrogen and oxygen atoms in total. The van der Waals surface area contributed by atoms with Crippen molar-refractivity contribution in [2.24, 2.45) is 0 Å². The van der Waals surface area contributed by atoms with E-state index in [4.69, 9.17) is 0 Å². The zero-order chi connectivity index (χ0) is 14.3. The summed E-state index contributed by atoms with van der Waals surface area (Å²) in [6.45, 7) is 2.15. The van der Waals surface area contributed by atoms with Gasteiger partial charge in [0.05, 0.1) is 8.80 Å². The van der Waals surface area contributed by atoms with E-state index < -0.39 is 16.2 Å². The molecule has 0 aliphatic rings. The van der Waals surface area contributed by atoms with E-state index in [1.807, 2.05) is 18.2 Å². The zero-order valence-corrected chi connectivity index (χ0v) is 16.8. The summed E-state index contributed by atoms with van der Waals surface area (Å²) < 4.78 is 11.8. The van der Waals surface area contributed by atoms with E-state index in [1.165, 1.54) is 5.56 Å². The molecular weight excluding hydrogens is 296 g/mol. The van der Waals surface area contributed by atoms with Crippen LogP contribution in [0.25, 0.3) is 6.08 Å². The summed E-state index contributed by atoms with van der Waals surface area (Å²) in [4.78, 5) is 13.5. The summed E-state index contributed by atoms with van der Waals surface area (Å²) >= 11 is 0. The zero-order valence-electron chi connectivity index (χ0n) is 12.9. The van der Waals surface area contributed by atoms with E-state index in [2.05, 4.69) is 30.5 Å². The molecule has 105 valence electrons. The van der Waals surface area contributed by atoms with E-state index >= 15 is 0 Å². The fourth-order valence-electron chi connectivity index (χ4n) is 1.73. The van der Waals surface area contributed by atoms with Crippen LogP contribution in [-0.4, -0.2) is 40.2 Å². The maximum Gasteiger partial charge on any atom is 1.00 e. The minimum Gasteiger partial charge on any atom is -0.798 e. The summed E-state index contributed by atoms with van der Waals surface area (Å²) in [5, 5.41) is 0. The number of nitrogens with zero attached hydrogens (tertiary/aromatic N) is 1. The monoisotopic (exact) mass is 318 g/mol. The molecule has 6 heteroatoms. The molecule has 0 N–H and O–H groups in total. The predicted molar refractivity (Wildman–Crippen MR) is 82.9 cm³/mol. The van der Waals surface area contributed by atoms with Gasteiger partial charge in [0, 0.05) is 13.7 Å². The van der Waals surface area contributed by atoms with Crippen LogP contribution < -0.4 is 34.5 Å². The van der Waals surface area contributed by atoms with E-state index in [9.17, 15) is 9.46 Å². The molecule has 1 unspecified atom stereocenters. The quantitative estimate of drug-likeness (QED) is 0.504. The Kier molecular flexibility index (Phi) is 10.3. The van der Waals surface area contributed by atoms with Crippen molar-refractivity contribution in [3.63, 3.8) is 0 Å². The average Bonchev–Trinajstić information content (AvgIpc) is 2.34. The Morgan fingerprint density at radius 1 is 1.30 bits per heavy atom. The van der Waals surface area contributed by atoms with Crippen LogP contribution in [-0.2, 0) is 4.57 Å². The molecule has 0 amide bonds. The van der Waals surface area contributed by atoms with Gasteiger partial charge in [0.15, 0.2) is 0 Å². The Balaban J connectivity index is 0.00000361. The largest absolute Gasteiger partial charge is 1.00 e. The molecule has 0 aromatic heterocycles. The van der Waals surface area contributed by atoms with Gasteiger partial charge >= 0.3 is 29.6 Å². The summed E-state index contributed by atoms with van der Waals surface area (Å²) in [5.41, 5.74) is 3.35. The third kappa shape index (κ3) is 9.30. The van der Waals surface area contributed by atoms with Gasteiger partial charge in [0.2, 0.25) is 0 Å². The molecule has 20 heavy (non-hydrogen) atoms. The van der Waals surface area contributed by atoms with Crippen LogP contribution >= 0.6 is 7.37 Å². The third-order valence-electron chi connectivity index (χ3n) is 2.71. The second kappa shape index (κ2) is 10.1. The Bertz CT molecular complexity index is 454. The molecule has 0 aliphatic carbocycles. The molecule has 1 rings (SSSR count). The number of hydrogen-bond donors (Lipinski definition) is 0. The van der Waals surface area contributed by atoms with Crippen LogP contribution in [0, 0.1) is 0 Å². The molecule has 0 heterocycles. The van der Waals surface area contributed by atoms with Crippen LogP contribution in [0.3, 0.4) is 0 Å². The topological polar surface area (TPSA) is 43.4 Å². The predicted octanol–water partition coefficient (Wildman–Crippen LogP) is -0.475. The van der Waals surface area contributed by atoms with E-state index in [0.717, 1.165) is 6.04 Å². The molecule has 0 fully saturated rings. The van der Waals surface area contributed by atoms with Crippen molar-refractivity contribution in [1.29, 1.82) is 0 Å². The minimum absolute atomic E-state index is 0. The van der Waals surface area contributed by atoms with Crippen LogP contribution in [0.15, 0.2) is 36.0 Å². The van der Waals surface area contributed by atoms with Crippen LogP contribution in [0.1, 0.15) is 5.56 Å². The van der Waals surface area contributed by atoms with Gasteiger partial charge in [-0.05, 0) is 31.9 Å². The number of hydrogen-bond acceptors (Lipinski definition) is 3. The third-order valence-corrected chi connectivity index (χ3v) is 6.80.